The van der Waals surface area contributed by atoms with Crippen LogP contribution in [0.1, 0.15) is 51.9 Å². The Balaban J connectivity index is 3.45. The quantitative estimate of drug-likeness (QED) is 0.505. The molecule has 0 aromatic carbocycles. The standard InChI is InChI=1S/C13H29NO2/c1-2-9-14(10-5-3-7-12-15)11-6-4-8-13-16/h15-16H,2-13H2,1H3. The molecule has 0 amide bonds. The lowest BCUT2D eigenvalue weighted by atomic mass is 10.2. The molecule has 0 radical (unpaired) electrons. The van der Waals surface area contributed by atoms with E-state index in [-0.39, 0.29) is 0 Å². The van der Waals surface area contributed by atoms with Crippen LogP contribution in [0.4, 0.5) is 0 Å². The summed E-state index contributed by atoms with van der Waals surface area (Å²) < 4.78 is 0. The first-order valence-electron chi connectivity index (χ1n) is 6.79. The fourth-order valence-corrected chi connectivity index (χ4v) is 1.90. The summed E-state index contributed by atoms with van der Waals surface area (Å²) in [5.41, 5.74) is 0. The van der Waals surface area contributed by atoms with Gasteiger partial charge in [-0.1, -0.05) is 6.92 Å². The van der Waals surface area contributed by atoms with E-state index in [1.165, 1.54) is 25.8 Å². The van der Waals surface area contributed by atoms with Crippen LogP contribution in [0.5, 0.6) is 0 Å². The van der Waals surface area contributed by atoms with Crippen LogP contribution in [-0.4, -0.2) is 48.0 Å². The maximum Gasteiger partial charge on any atom is 0.0431 e. The molecule has 0 bridgehead atoms. The Kier molecular flexibility index (Phi) is 12.9. The average molecular weight is 231 g/mol. The Morgan fingerprint density at radius 2 is 1.19 bits per heavy atom. The van der Waals surface area contributed by atoms with Crippen molar-refractivity contribution >= 4 is 0 Å². The number of unbranched alkanes of at least 4 members (excludes halogenated alkanes) is 4. The van der Waals surface area contributed by atoms with Crippen LogP contribution in [0.25, 0.3) is 0 Å². The minimum Gasteiger partial charge on any atom is -0.396 e. The molecule has 0 saturated heterocycles. The van der Waals surface area contributed by atoms with E-state index in [9.17, 15) is 0 Å². The Morgan fingerprint density at radius 3 is 1.56 bits per heavy atom. The number of hydrogen-bond donors (Lipinski definition) is 2. The highest BCUT2D eigenvalue weighted by Gasteiger charge is 2.02. The smallest absolute Gasteiger partial charge is 0.0431 e. The van der Waals surface area contributed by atoms with Crippen LogP contribution in [0, 0.1) is 0 Å². The van der Waals surface area contributed by atoms with Crippen LogP contribution in [-0.2, 0) is 0 Å². The van der Waals surface area contributed by atoms with Gasteiger partial charge in [0.2, 0.25) is 0 Å². The van der Waals surface area contributed by atoms with Gasteiger partial charge in [-0.25, -0.2) is 0 Å². The van der Waals surface area contributed by atoms with Crippen LogP contribution in [0.2, 0.25) is 0 Å². The summed E-state index contributed by atoms with van der Waals surface area (Å²) in [7, 11) is 0. The zero-order valence-electron chi connectivity index (χ0n) is 10.8. The Morgan fingerprint density at radius 1 is 0.688 bits per heavy atom. The molecule has 0 atom stereocenters. The molecule has 0 spiro atoms. The maximum absolute atomic E-state index is 8.70. The number of hydrogen-bond acceptors (Lipinski definition) is 3. The molecule has 0 aliphatic rings. The molecule has 98 valence electrons. The van der Waals surface area contributed by atoms with Crippen LogP contribution in [0.15, 0.2) is 0 Å². The molecular formula is C13H29NO2. The summed E-state index contributed by atoms with van der Waals surface area (Å²) >= 11 is 0. The third-order valence-corrected chi connectivity index (χ3v) is 2.80. The first kappa shape index (κ1) is 15.9. The Bertz CT molecular complexity index is 119. The summed E-state index contributed by atoms with van der Waals surface area (Å²) in [6.45, 7) is 6.36. The molecule has 0 saturated carbocycles. The van der Waals surface area contributed by atoms with Crippen LogP contribution >= 0.6 is 0 Å². The highest BCUT2D eigenvalue weighted by molar-refractivity contribution is 4.58. The van der Waals surface area contributed by atoms with Gasteiger partial charge in [-0.2, -0.15) is 0 Å². The fourth-order valence-electron chi connectivity index (χ4n) is 1.90. The van der Waals surface area contributed by atoms with Gasteiger partial charge in [0.05, 0.1) is 0 Å². The van der Waals surface area contributed by atoms with E-state index in [4.69, 9.17) is 10.2 Å². The van der Waals surface area contributed by atoms with E-state index >= 15 is 0 Å². The van der Waals surface area contributed by atoms with Crippen LogP contribution < -0.4 is 0 Å². The minimum atomic E-state index is 0.324. The predicted octanol–water partition coefficient (Wildman–Crippen LogP) is 2.02. The first-order chi connectivity index (χ1) is 7.85. The van der Waals surface area contributed by atoms with Crippen LogP contribution in [0.3, 0.4) is 0 Å². The highest BCUT2D eigenvalue weighted by atomic mass is 16.3. The predicted molar refractivity (Wildman–Crippen MR) is 68.6 cm³/mol. The van der Waals surface area contributed by atoms with Crippen molar-refractivity contribution < 1.29 is 10.2 Å². The molecule has 0 unspecified atom stereocenters. The van der Waals surface area contributed by atoms with Gasteiger partial charge >= 0.3 is 0 Å². The monoisotopic (exact) mass is 231 g/mol. The molecule has 3 nitrogen and oxygen atoms in total. The van der Waals surface area contributed by atoms with Crippen molar-refractivity contribution in [3.8, 4) is 0 Å². The van der Waals surface area contributed by atoms with Crippen molar-refractivity contribution in [2.75, 3.05) is 32.8 Å². The van der Waals surface area contributed by atoms with Gasteiger partial charge in [-0.3, -0.25) is 0 Å². The lowest BCUT2D eigenvalue weighted by molar-refractivity contribution is 0.241. The van der Waals surface area contributed by atoms with E-state index in [1.807, 2.05) is 0 Å². The third kappa shape index (κ3) is 10.4. The van der Waals surface area contributed by atoms with E-state index < -0.39 is 0 Å². The number of nitrogens with zero attached hydrogens (tertiary/aromatic N) is 1. The van der Waals surface area contributed by atoms with Crippen molar-refractivity contribution in [2.45, 2.75) is 51.9 Å². The maximum atomic E-state index is 8.70. The largest absolute Gasteiger partial charge is 0.396 e. The molecule has 0 fully saturated rings. The third-order valence-electron chi connectivity index (χ3n) is 2.80. The zero-order chi connectivity index (χ0) is 12.1. The number of aliphatic hydroxyl groups excluding tert-OH is 2. The van der Waals surface area contributed by atoms with Gasteiger partial charge in [0.25, 0.3) is 0 Å². The molecular weight excluding hydrogens is 202 g/mol. The van der Waals surface area contributed by atoms with Crippen molar-refractivity contribution in [1.82, 2.24) is 4.90 Å². The Labute approximate surface area is 100 Å². The highest BCUT2D eigenvalue weighted by Crippen LogP contribution is 2.03. The van der Waals surface area contributed by atoms with E-state index in [0.29, 0.717) is 13.2 Å². The summed E-state index contributed by atoms with van der Waals surface area (Å²) in [6, 6.07) is 0. The van der Waals surface area contributed by atoms with Gasteiger partial charge < -0.3 is 15.1 Å². The molecule has 0 aliphatic heterocycles. The van der Waals surface area contributed by atoms with E-state index in [2.05, 4.69) is 11.8 Å². The molecule has 0 aromatic heterocycles. The summed E-state index contributed by atoms with van der Waals surface area (Å²) in [6.07, 6.45) is 7.73. The van der Waals surface area contributed by atoms with Crippen molar-refractivity contribution in [2.24, 2.45) is 0 Å². The second-order valence-electron chi connectivity index (χ2n) is 4.41. The Hall–Kier alpha value is -0.120. The SMILES string of the molecule is CCCN(CCCCCO)CCCCCO. The lowest BCUT2D eigenvalue weighted by Crippen LogP contribution is -2.27. The van der Waals surface area contributed by atoms with Gasteiger partial charge in [0.15, 0.2) is 0 Å². The van der Waals surface area contributed by atoms with Gasteiger partial charge in [-0.15, -0.1) is 0 Å². The fraction of sp³-hybridized carbons (Fsp3) is 1.00. The normalized spacial score (nSPS) is 11.2. The molecule has 16 heavy (non-hydrogen) atoms. The second kappa shape index (κ2) is 12.9. The summed E-state index contributed by atoms with van der Waals surface area (Å²) in [5, 5.41) is 17.4. The lowest BCUT2D eigenvalue weighted by Gasteiger charge is -2.21. The minimum absolute atomic E-state index is 0.324. The van der Waals surface area contributed by atoms with Crippen molar-refractivity contribution in [1.29, 1.82) is 0 Å². The molecule has 0 heterocycles. The summed E-state index contributed by atoms with van der Waals surface area (Å²) in [4.78, 5) is 2.51. The van der Waals surface area contributed by atoms with Crippen molar-refractivity contribution in [3.05, 3.63) is 0 Å². The first-order valence-corrected chi connectivity index (χ1v) is 6.79. The molecule has 2 N–H and O–H groups in total. The van der Waals surface area contributed by atoms with E-state index in [0.717, 1.165) is 38.8 Å². The topological polar surface area (TPSA) is 43.7 Å². The van der Waals surface area contributed by atoms with E-state index in [1.54, 1.807) is 0 Å². The zero-order valence-corrected chi connectivity index (χ0v) is 10.8. The summed E-state index contributed by atoms with van der Waals surface area (Å²) in [5.74, 6) is 0. The second-order valence-corrected chi connectivity index (χ2v) is 4.41. The number of rotatable bonds is 12. The number of aliphatic hydroxyl groups is 2. The average Bonchev–Trinajstić information content (AvgIpc) is 2.30. The molecule has 0 aliphatic carbocycles. The van der Waals surface area contributed by atoms with Gasteiger partial charge in [-0.05, 0) is 64.6 Å². The molecule has 3 heteroatoms. The molecule has 0 aromatic rings. The molecule has 0 rings (SSSR count). The van der Waals surface area contributed by atoms with Crippen molar-refractivity contribution in [3.63, 3.8) is 0 Å². The van der Waals surface area contributed by atoms with Gasteiger partial charge in [0.1, 0.15) is 0 Å². The van der Waals surface area contributed by atoms with Gasteiger partial charge in [0, 0.05) is 13.2 Å².